The molecule has 0 spiro atoms. The van der Waals surface area contributed by atoms with Crippen molar-refractivity contribution in [3.8, 4) is 17.0 Å². The maximum atomic E-state index is 15.3. The summed E-state index contributed by atoms with van der Waals surface area (Å²) < 4.78 is 25.3. The van der Waals surface area contributed by atoms with Crippen LogP contribution in [0.5, 0.6) is 5.75 Å². The Hall–Kier alpha value is -5.77. The van der Waals surface area contributed by atoms with Crippen LogP contribution in [-0.2, 0) is 49.3 Å². The topological polar surface area (TPSA) is 183 Å². The third-order valence-electron chi connectivity index (χ3n) is 11.6. The Morgan fingerprint density at radius 1 is 0.898 bits per heavy atom. The van der Waals surface area contributed by atoms with Crippen LogP contribution in [0, 0.1) is 6.92 Å². The number of carbonyl (C=O) groups is 3. The van der Waals surface area contributed by atoms with Gasteiger partial charge in [-0.15, -0.1) is 0 Å². The average Bonchev–Trinajstić information content (AvgIpc) is 3.78. The van der Waals surface area contributed by atoms with Crippen LogP contribution in [0.15, 0.2) is 79.1 Å². The van der Waals surface area contributed by atoms with Gasteiger partial charge in [-0.2, -0.15) is 5.10 Å². The van der Waals surface area contributed by atoms with Crippen molar-refractivity contribution in [2.45, 2.75) is 38.9 Å². The molecule has 59 heavy (non-hydrogen) atoms. The van der Waals surface area contributed by atoms with Crippen LogP contribution < -0.4 is 9.42 Å². The highest BCUT2D eigenvalue weighted by Crippen LogP contribution is 2.40. The molecule has 0 aliphatic carbocycles. The monoisotopic (exact) mass is 823 g/mol. The van der Waals surface area contributed by atoms with Crippen LogP contribution >= 0.6 is 7.82 Å². The summed E-state index contributed by atoms with van der Waals surface area (Å²) in [5, 5.41) is 14.2. The van der Waals surface area contributed by atoms with Gasteiger partial charge in [0.15, 0.2) is 0 Å². The zero-order chi connectivity index (χ0) is 41.6. The van der Waals surface area contributed by atoms with Gasteiger partial charge in [0.2, 0.25) is 0 Å². The minimum absolute atomic E-state index is 0.0701. The first-order valence-corrected chi connectivity index (χ1v) is 20.9. The van der Waals surface area contributed by atoms with Crippen LogP contribution in [-0.4, -0.2) is 107 Å². The van der Waals surface area contributed by atoms with Gasteiger partial charge < -0.3 is 28.7 Å². The summed E-state index contributed by atoms with van der Waals surface area (Å²) in [6, 6.07) is 19.5. The number of ether oxygens (including phenoxy) is 1. The van der Waals surface area contributed by atoms with Crippen LogP contribution in [0.25, 0.3) is 11.3 Å². The van der Waals surface area contributed by atoms with E-state index in [1.165, 1.54) is 39.6 Å². The number of aromatic nitrogens is 3. The van der Waals surface area contributed by atoms with Gasteiger partial charge in [0.05, 0.1) is 30.7 Å². The highest BCUT2D eigenvalue weighted by molar-refractivity contribution is 7.46. The quantitative estimate of drug-likeness (QED) is 0.168. The number of fused-ring (bicyclic) bond motifs is 2. The highest BCUT2D eigenvalue weighted by atomic mass is 31.2. The lowest BCUT2D eigenvalue weighted by Gasteiger charge is -2.41. The van der Waals surface area contributed by atoms with E-state index in [9.17, 15) is 29.0 Å². The Balaban J connectivity index is 1.22. The first-order valence-electron chi connectivity index (χ1n) is 19.4. The zero-order valence-electron chi connectivity index (χ0n) is 33.0. The molecule has 3 aliphatic rings. The summed E-state index contributed by atoms with van der Waals surface area (Å²) in [5.41, 5.74) is 7.52. The first-order chi connectivity index (χ1) is 28.2. The van der Waals surface area contributed by atoms with Gasteiger partial charge in [-0.25, -0.2) is 9.36 Å². The minimum Gasteiger partial charge on any atom is -0.465 e. The van der Waals surface area contributed by atoms with E-state index in [2.05, 4.69) is 22.1 Å². The summed E-state index contributed by atoms with van der Waals surface area (Å²) in [5.74, 6) is -0.647. The number of phosphoric acid groups is 1. The standard InChI is InChI=1S/C42H46N7O9P/c1-27-36(41(51)49(34-22-43-44(2)25-34)32-8-10-35(11-9-32)58-59(54,55)56)21-39(45(27)3)37-19-29-12-13-47(42(52)53)23-31(29)20-38(37)40(50)48-24-30-7-5-4-6-28(30)18-33(48)26-46-14-16-57-17-15-46/h4-11,19-22,25,33H,12-18,23-24,26H2,1-3H3,(H,52,53)(H2,54,55,56)/t33-/m0/s1. The molecule has 3 amide bonds. The van der Waals surface area contributed by atoms with Crippen LogP contribution in [0.4, 0.5) is 16.2 Å². The molecule has 308 valence electrons. The molecule has 5 aromatic rings. The molecule has 16 nitrogen and oxygen atoms in total. The Bertz CT molecular complexity index is 2470. The second-order valence-electron chi connectivity index (χ2n) is 15.3. The average molecular weight is 824 g/mol. The molecule has 3 N–H and O–H groups in total. The molecule has 0 radical (unpaired) electrons. The first kappa shape index (κ1) is 40.0. The Morgan fingerprint density at radius 2 is 1.63 bits per heavy atom. The number of anilines is 2. The summed E-state index contributed by atoms with van der Waals surface area (Å²) in [4.78, 5) is 67.9. The number of hydrogen-bond donors (Lipinski definition) is 3. The number of amides is 3. The van der Waals surface area contributed by atoms with Crippen LogP contribution in [0.3, 0.4) is 0 Å². The predicted octanol–water partition coefficient (Wildman–Crippen LogP) is 5.12. The van der Waals surface area contributed by atoms with E-state index in [1.54, 1.807) is 30.2 Å². The van der Waals surface area contributed by atoms with Gasteiger partial charge in [-0.05, 0) is 84.5 Å². The van der Waals surface area contributed by atoms with E-state index in [0.29, 0.717) is 85.1 Å². The predicted molar refractivity (Wildman–Crippen MR) is 218 cm³/mol. The Labute approximate surface area is 341 Å². The summed E-state index contributed by atoms with van der Waals surface area (Å²) in [6.07, 6.45) is 3.36. The number of phosphoric ester groups is 1. The van der Waals surface area contributed by atoms with Gasteiger partial charge >= 0.3 is 13.9 Å². The molecule has 5 heterocycles. The second kappa shape index (κ2) is 16.1. The summed E-state index contributed by atoms with van der Waals surface area (Å²) >= 11 is 0. The number of hydrogen-bond acceptors (Lipinski definition) is 8. The lowest BCUT2D eigenvalue weighted by molar-refractivity contribution is 0.0193. The molecule has 1 atom stereocenters. The Morgan fingerprint density at radius 3 is 2.31 bits per heavy atom. The zero-order valence-corrected chi connectivity index (χ0v) is 33.9. The number of benzene rings is 3. The van der Waals surface area contributed by atoms with Crippen molar-refractivity contribution < 1.29 is 43.1 Å². The molecule has 3 aliphatic heterocycles. The molecule has 2 aromatic heterocycles. The van der Waals surface area contributed by atoms with Crippen molar-refractivity contribution in [2.24, 2.45) is 14.1 Å². The fourth-order valence-corrected chi connectivity index (χ4v) is 8.78. The van der Waals surface area contributed by atoms with Crippen LogP contribution in [0.2, 0.25) is 0 Å². The van der Waals surface area contributed by atoms with Gasteiger partial charge in [0.1, 0.15) is 5.75 Å². The third kappa shape index (κ3) is 8.27. The molecular weight excluding hydrogens is 777 g/mol. The SMILES string of the molecule is Cc1c(C(=O)N(c2ccc(OP(=O)(O)O)cc2)c2cnn(C)c2)cc(-c2cc3c(cc2C(=O)N2Cc4ccccc4C[C@H]2CN2CCOCC2)CN(C(=O)O)CC3)n1C. The fraction of sp³-hybridized carbons (Fsp3) is 0.333. The molecule has 0 bridgehead atoms. The molecule has 8 rings (SSSR count). The van der Waals surface area contributed by atoms with Gasteiger partial charge in [-0.1, -0.05) is 24.3 Å². The summed E-state index contributed by atoms with van der Waals surface area (Å²) in [6.45, 7) is 6.20. The van der Waals surface area contributed by atoms with E-state index in [0.717, 1.165) is 29.8 Å². The lowest BCUT2D eigenvalue weighted by atomic mass is 9.89. The van der Waals surface area contributed by atoms with Crippen LogP contribution in [0.1, 0.15) is 48.7 Å². The molecule has 0 unspecified atom stereocenters. The number of morpholine rings is 1. The smallest absolute Gasteiger partial charge is 0.465 e. The maximum Gasteiger partial charge on any atom is 0.524 e. The second-order valence-corrected chi connectivity index (χ2v) is 16.4. The van der Waals surface area contributed by atoms with E-state index in [-0.39, 0.29) is 24.2 Å². The molecule has 3 aromatic carbocycles. The highest BCUT2D eigenvalue weighted by Gasteiger charge is 2.35. The Kier molecular flexibility index (Phi) is 10.9. The van der Waals surface area contributed by atoms with E-state index < -0.39 is 19.8 Å². The fourth-order valence-electron chi connectivity index (χ4n) is 8.38. The molecule has 1 fully saturated rings. The van der Waals surface area contributed by atoms with Crippen molar-refractivity contribution in [3.05, 3.63) is 118 Å². The van der Waals surface area contributed by atoms with Crippen molar-refractivity contribution in [2.75, 3.05) is 44.3 Å². The van der Waals surface area contributed by atoms with E-state index in [4.69, 9.17) is 9.26 Å². The number of aryl methyl sites for hydroxylation is 1. The maximum absolute atomic E-state index is 15.3. The largest absolute Gasteiger partial charge is 0.524 e. The number of carboxylic acid groups (broad SMARTS) is 1. The summed E-state index contributed by atoms with van der Waals surface area (Å²) in [7, 11) is -1.23. The van der Waals surface area contributed by atoms with Gasteiger partial charge in [-0.3, -0.25) is 33.9 Å². The van der Waals surface area contributed by atoms with Gasteiger partial charge in [0.25, 0.3) is 11.8 Å². The minimum atomic E-state index is -4.81. The van der Waals surface area contributed by atoms with Gasteiger partial charge in [0, 0.05) is 93.8 Å². The van der Waals surface area contributed by atoms with Crippen molar-refractivity contribution in [3.63, 3.8) is 0 Å². The van der Waals surface area contributed by atoms with E-state index in [1.807, 2.05) is 47.7 Å². The molecule has 0 saturated carbocycles. The van der Waals surface area contributed by atoms with Crippen molar-refractivity contribution in [1.82, 2.24) is 29.0 Å². The number of nitrogens with zero attached hydrogens (tertiary/aromatic N) is 7. The van der Waals surface area contributed by atoms with Crippen molar-refractivity contribution >= 4 is 37.1 Å². The lowest BCUT2D eigenvalue weighted by Crippen LogP contribution is -2.52. The number of rotatable bonds is 9. The number of carbonyl (C=O) groups excluding carboxylic acids is 2. The molecule has 1 saturated heterocycles. The third-order valence-corrected chi connectivity index (χ3v) is 12.0. The van der Waals surface area contributed by atoms with E-state index >= 15 is 4.79 Å². The molecule has 17 heteroatoms. The molecular formula is C42H46N7O9P. The van der Waals surface area contributed by atoms with Crippen molar-refractivity contribution in [1.29, 1.82) is 0 Å². The normalized spacial score (nSPS) is 17.0.